The predicted molar refractivity (Wildman–Crippen MR) is 111 cm³/mol. The standard InChI is InChI=1S/C21H22N4O4S/c1-12-17(30-21(22-12)23-13-6-7-13)20(28)24-8-9-29-14(10-24)11-25-18(26)15-4-2-3-5-16(15)19(25)27/h2-5,13-14H,6-11H2,1H3,(H,22,23). The molecule has 1 unspecified atom stereocenters. The summed E-state index contributed by atoms with van der Waals surface area (Å²) in [7, 11) is 0. The number of fused-ring (bicyclic) bond motifs is 1. The summed E-state index contributed by atoms with van der Waals surface area (Å²) >= 11 is 1.38. The Balaban J connectivity index is 1.26. The molecule has 9 heteroatoms. The second kappa shape index (κ2) is 7.48. The van der Waals surface area contributed by atoms with Crippen LogP contribution < -0.4 is 5.32 Å². The number of carbonyl (C=O) groups excluding carboxylic acids is 3. The fourth-order valence-corrected chi connectivity index (χ4v) is 4.84. The van der Waals surface area contributed by atoms with Crippen molar-refractivity contribution < 1.29 is 19.1 Å². The van der Waals surface area contributed by atoms with Gasteiger partial charge in [-0.1, -0.05) is 23.5 Å². The fourth-order valence-electron chi connectivity index (χ4n) is 3.83. The Hall–Kier alpha value is -2.78. The summed E-state index contributed by atoms with van der Waals surface area (Å²) in [4.78, 5) is 46.4. The lowest BCUT2D eigenvalue weighted by atomic mass is 10.1. The van der Waals surface area contributed by atoms with Crippen LogP contribution >= 0.6 is 11.3 Å². The van der Waals surface area contributed by atoms with Crippen molar-refractivity contribution in [2.45, 2.75) is 31.9 Å². The van der Waals surface area contributed by atoms with Crippen LogP contribution in [0, 0.1) is 6.92 Å². The molecule has 1 aliphatic carbocycles. The molecule has 1 atom stereocenters. The van der Waals surface area contributed by atoms with Crippen molar-refractivity contribution in [1.29, 1.82) is 0 Å². The maximum absolute atomic E-state index is 13.1. The Kier molecular flexibility index (Phi) is 4.79. The first-order chi connectivity index (χ1) is 14.5. The van der Waals surface area contributed by atoms with E-state index in [0.29, 0.717) is 41.7 Å². The van der Waals surface area contributed by atoms with Crippen LogP contribution in [0.2, 0.25) is 0 Å². The van der Waals surface area contributed by atoms with E-state index in [-0.39, 0.29) is 24.3 Å². The van der Waals surface area contributed by atoms with Gasteiger partial charge in [0.2, 0.25) is 0 Å². The Morgan fingerprint density at radius 1 is 1.23 bits per heavy atom. The van der Waals surface area contributed by atoms with Gasteiger partial charge in [-0.05, 0) is 31.9 Å². The number of aryl methyl sites for hydroxylation is 1. The number of amides is 3. The molecule has 156 valence electrons. The average molecular weight is 426 g/mol. The molecule has 3 heterocycles. The topological polar surface area (TPSA) is 91.8 Å². The Morgan fingerprint density at radius 3 is 2.60 bits per heavy atom. The van der Waals surface area contributed by atoms with Crippen molar-refractivity contribution >= 4 is 34.2 Å². The highest BCUT2D eigenvalue weighted by Gasteiger charge is 2.38. The van der Waals surface area contributed by atoms with Crippen LogP contribution in [0.4, 0.5) is 5.13 Å². The molecule has 2 fully saturated rings. The molecule has 0 spiro atoms. The van der Waals surface area contributed by atoms with E-state index >= 15 is 0 Å². The molecular formula is C21H22N4O4S. The molecule has 1 aromatic heterocycles. The Bertz CT molecular complexity index is 997. The third-order valence-electron chi connectivity index (χ3n) is 5.59. The predicted octanol–water partition coefficient (Wildman–Crippen LogP) is 2.16. The van der Waals surface area contributed by atoms with Crippen molar-refractivity contribution in [3.8, 4) is 0 Å². The van der Waals surface area contributed by atoms with Crippen molar-refractivity contribution in [1.82, 2.24) is 14.8 Å². The number of aromatic nitrogens is 1. The summed E-state index contributed by atoms with van der Waals surface area (Å²) < 4.78 is 5.78. The number of thiazole rings is 1. The van der Waals surface area contributed by atoms with Crippen molar-refractivity contribution in [2.24, 2.45) is 0 Å². The van der Waals surface area contributed by atoms with Gasteiger partial charge in [0.25, 0.3) is 17.7 Å². The summed E-state index contributed by atoms with van der Waals surface area (Å²) in [6.45, 7) is 3.14. The molecule has 1 saturated carbocycles. The van der Waals surface area contributed by atoms with Gasteiger partial charge in [-0.25, -0.2) is 4.98 Å². The molecule has 0 bridgehead atoms. The summed E-state index contributed by atoms with van der Waals surface area (Å²) in [5.74, 6) is -0.696. The number of anilines is 1. The van der Waals surface area contributed by atoms with Crippen molar-refractivity contribution in [2.75, 3.05) is 31.6 Å². The first-order valence-corrected chi connectivity index (χ1v) is 10.9. The lowest BCUT2D eigenvalue weighted by Gasteiger charge is -2.34. The number of carbonyl (C=O) groups is 3. The summed E-state index contributed by atoms with van der Waals surface area (Å²) in [6, 6.07) is 7.29. The molecule has 2 aliphatic heterocycles. The first-order valence-electron chi connectivity index (χ1n) is 10.1. The largest absolute Gasteiger partial charge is 0.373 e. The number of hydrogen-bond acceptors (Lipinski definition) is 7. The summed E-state index contributed by atoms with van der Waals surface area (Å²) in [5, 5.41) is 4.13. The van der Waals surface area contributed by atoms with E-state index in [2.05, 4.69) is 10.3 Å². The minimum atomic E-state index is -0.415. The fraction of sp³-hybridized carbons (Fsp3) is 0.429. The second-order valence-corrected chi connectivity index (χ2v) is 8.86. The molecule has 3 amide bonds. The number of rotatable bonds is 5. The van der Waals surface area contributed by atoms with Crippen LogP contribution in [-0.2, 0) is 4.74 Å². The summed E-state index contributed by atoms with van der Waals surface area (Å²) in [5.41, 5.74) is 1.56. The van der Waals surface area contributed by atoms with E-state index in [4.69, 9.17) is 4.74 Å². The lowest BCUT2D eigenvalue weighted by molar-refractivity contribution is -0.0302. The number of morpholine rings is 1. The second-order valence-electron chi connectivity index (χ2n) is 7.86. The molecule has 0 radical (unpaired) electrons. The SMILES string of the molecule is Cc1nc(NC2CC2)sc1C(=O)N1CCOC(CN2C(=O)c3ccccc3C2=O)C1. The van der Waals surface area contributed by atoms with E-state index in [1.165, 1.54) is 16.2 Å². The minimum absolute atomic E-state index is 0.0792. The van der Waals surface area contributed by atoms with E-state index in [1.54, 1.807) is 29.2 Å². The average Bonchev–Trinajstić information content (AvgIpc) is 3.45. The normalized spacial score (nSPS) is 21.2. The molecule has 1 aromatic carbocycles. The molecule has 3 aliphatic rings. The van der Waals surface area contributed by atoms with Crippen molar-refractivity contribution in [3.05, 3.63) is 46.0 Å². The molecule has 1 N–H and O–H groups in total. The number of hydrogen-bond donors (Lipinski definition) is 1. The quantitative estimate of drug-likeness (QED) is 0.737. The van der Waals surface area contributed by atoms with Gasteiger partial charge in [-0.2, -0.15) is 0 Å². The van der Waals surface area contributed by atoms with Gasteiger partial charge >= 0.3 is 0 Å². The molecule has 5 rings (SSSR count). The highest BCUT2D eigenvalue weighted by atomic mass is 32.1. The number of nitrogens with one attached hydrogen (secondary N) is 1. The van der Waals surface area contributed by atoms with Gasteiger partial charge in [-0.15, -0.1) is 0 Å². The molecule has 8 nitrogen and oxygen atoms in total. The van der Waals surface area contributed by atoms with E-state index < -0.39 is 6.10 Å². The van der Waals surface area contributed by atoms with Crippen LogP contribution in [0.1, 0.15) is 48.9 Å². The van der Waals surface area contributed by atoms with Crippen LogP contribution in [-0.4, -0.2) is 70.9 Å². The highest BCUT2D eigenvalue weighted by Crippen LogP contribution is 2.30. The van der Waals surface area contributed by atoms with E-state index in [1.807, 2.05) is 6.92 Å². The molecular weight excluding hydrogens is 404 g/mol. The Labute approximate surface area is 177 Å². The Morgan fingerprint density at radius 2 is 1.93 bits per heavy atom. The van der Waals surface area contributed by atoms with Gasteiger partial charge in [0.05, 0.1) is 36.1 Å². The van der Waals surface area contributed by atoms with Crippen LogP contribution in [0.15, 0.2) is 24.3 Å². The van der Waals surface area contributed by atoms with Crippen LogP contribution in [0.5, 0.6) is 0 Å². The third-order valence-corrected chi connectivity index (χ3v) is 6.66. The monoisotopic (exact) mass is 426 g/mol. The molecule has 30 heavy (non-hydrogen) atoms. The maximum atomic E-state index is 13.1. The third kappa shape index (κ3) is 3.48. The van der Waals surface area contributed by atoms with Gasteiger partial charge in [0, 0.05) is 19.1 Å². The molecule has 1 saturated heterocycles. The van der Waals surface area contributed by atoms with E-state index in [9.17, 15) is 14.4 Å². The number of imide groups is 1. The van der Waals surface area contributed by atoms with Gasteiger partial charge < -0.3 is 15.0 Å². The van der Waals surface area contributed by atoms with Crippen LogP contribution in [0.3, 0.4) is 0 Å². The first kappa shape index (κ1) is 19.2. The molecule has 2 aromatic rings. The highest BCUT2D eigenvalue weighted by molar-refractivity contribution is 7.17. The van der Waals surface area contributed by atoms with Crippen LogP contribution in [0.25, 0.3) is 0 Å². The zero-order chi connectivity index (χ0) is 20.8. The zero-order valence-corrected chi connectivity index (χ0v) is 17.4. The smallest absolute Gasteiger partial charge is 0.266 e. The van der Waals surface area contributed by atoms with Gasteiger partial charge in [0.15, 0.2) is 5.13 Å². The zero-order valence-electron chi connectivity index (χ0n) is 16.6. The maximum Gasteiger partial charge on any atom is 0.266 e. The number of ether oxygens (including phenoxy) is 1. The summed E-state index contributed by atoms with van der Waals surface area (Å²) in [6.07, 6.45) is 1.87. The minimum Gasteiger partial charge on any atom is -0.373 e. The van der Waals surface area contributed by atoms with E-state index in [0.717, 1.165) is 23.7 Å². The van der Waals surface area contributed by atoms with Gasteiger partial charge in [-0.3, -0.25) is 19.3 Å². The lowest BCUT2D eigenvalue weighted by Crippen LogP contribution is -2.50. The van der Waals surface area contributed by atoms with Gasteiger partial charge in [0.1, 0.15) is 4.88 Å². The number of benzene rings is 1. The van der Waals surface area contributed by atoms with Crippen molar-refractivity contribution in [3.63, 3.8) is 0 Å². The number of nitrogens with zero attached hydrogens (tertiary/aromatic N) is 3.